The van der Waals surface area contributed by atoms with E-state index in [1.165, 1.54) is 18.4 Å². The molecule has 14 heavy (non-hydrogen) atoms. The van der Waals surface area contributed by atoms with Crippen LogP contribution in [0.1, 0.15) is 5.69 Å². The van der Waals surface area contributed by atoms with E-state index in [0.29, 0.717) is 5.13 Å². The van der Waals surface area contributed by atoms with Gasteiger partial charge in [-0.3, -0.25) is 10.1 Å². The number of ether oxygens (including phenoxy) is 1. The minimum Gasteiger partial charge on any atom is -0.370 e. The summed E-state index contributed by atoms with van der Waals surface area (Å²) in [5, 5.41) is 5.06. The summed E-state index contributed by atoms with van der Waals surface area (Å²) in [7, 11) is 1.45. The Bertz CT molecular complexity index is 309. The number of carbonyl (C=O) groups excluding carboxylic acids is 1. The van der Waals surface area contributed by atoms with Gasteiger partial charge in [0.15, 0.2) is 5.13 Å². The Morgan fingerprint density at radius 2 is 2.57 bits per heavy atom. The summed E-state index contributed by atoms with van der Waals surface area (Å²) in [6, 6.07) is 0. The van der Waals surface area contributed by atoms with E-state index < -0.39 is 6.10 Å². The largest absolute Gasteiger partial charge is 0.370 e. The van der Waals surface area contributed by atoms with E-state index in [1.807, 2.05) is 12.3 Å². The Morgan fingerprint density at radius 3 is 3.00 bits per heavy atom. The molecule has 0 fully saturated rings. The van der Waals surface area contributed by atoms with E-state index in [2.05, 4.69) is 10.3 Å². The Morgan fingerprint density at radius 1 is 1.86 bits per heavy atom. The molecule has 1 rings (SSSR count). The van der Waals surface area contributed by atoms with Crippen LogP contribution in [0.25, 0.3) is 0 Å². The third-order valence-corrected chi connectivity index (χ3v) is 2.52. The third kappa shape index (κ3) is 2.76. The van der Waals surface area contributed by atoms with E-state index >= 15 is 0 Å². The van der Waals surface area contributed by atoms with Crippen molar-refractivity contribution in [2.45, 2.75) is 13.0 Å². The first-order chi connectivity index (χ1) is 6.67. The van der Waals surface area contributed by atoms with Crippen LogP contribution in [0.4, 0.5) is 5.13 Å². The number of methoxy groups -OCH3 is 1. The van der Waals surface area contributed by atoms with Crippen LogP contribution in [0.15, 0.2) is 5.38 Å². The number of nitrogens with two attached hydrogens (primary N) is 1. The second-order valence-corrected chi connectivity index (χ2v) is 3.60. The molecule has 78 valence electrons. The minimum atomic E-state index is -0.612. The number of thiazole rings is 1. The van der Waals surface area contributed by atoms with Gasteiger partial charge < -0.3 is 10.5 Å². The molecule has 6 heteroatoms. The number of aryl methyl sites for hydroxylation is 1. The molecule has 3 N–H and O–H groups in total. The number of hydrogen-bond acceptors (Lipinski definition) is 5. The van der Waals surface area contributed by atoms with Gasteiger partial charge in [-0.05, 0) is 6.92 Å². The highest BCUT2D eigenvalue weighted by Gasteiger charge is 2.16. The van der Waals surface area contributed by atoms with Gasteiger partial charge >= 0.3 is 0 Å². The lowest BCUT2D eigenvalue weighted by Crippen LogP contribution is -2.35. The van der Waals surface area contributed by atoms with Gasteiger partial charge in [0.05, 0.1) is 5.69 Å². The van der Waals surface area contributed by atoms with Crippen LogP contribution in [0.3, 0.4) is 0 Å². The van der Waals surface area contributed by atoms with Gasteiger partial charge in [-0.15, -0.1) is 11.3 Å². The van der Waals surface area contributed by atoms with Crippen LogP contribution in [0.5, 0.6) is 0 Å². The predicted molar refractivity (Wildman–Crippen MR) is 55.3 cm³/mol. The molecular weight excluding hydrogens is 202 g/mol. The maximum atomic E-state index is 11.4. The first kappa shape index (κ1) is 11.1. The van der Waals surface area contributed by atoms with Crippen molar-refractivity contribution in [3.8, 4) is 0 Å². The topological polar surface area (TPSA) is 77.2 Å². The number of anilines is 1. The predicted octanol–water partition coefficient (Wildman–Crippen LogP) is 0.364. The summed E-state index contributed by atoms with van der Waals surface area (Å²) in [5.74, 6) is -0.260. The number of nitrogens with zero attached hydrogens (tertiary/aromatic N) is 1. The van der Waals surface area contributed by atoms with Crippen molar-refractivity contribution in [2.75, 3.05) is 19.0 Å². The van der Waals surface area contributed by atoms with E-state index in [-0.39, 0.29) is 12.5 Å². The van der Waals surface area contributed by atoms with E-state index in [4.69, 9.17) is 10.5 Å². The Labute approximate surface area is 86.3 Å². The second kappa shape index (κ2) is 5.04. The molecule has 0 aliphatic heterocycles. The molecule has 0 saturated carbocycles. The summed E-state index contributed by atoms with van der Waals surface area (Å²) in [6.45, 7) is 2.02. The second-order valence-electron chi connectivity index (χ2n) is 2.74. The third-order valence-electron chi connectivity index (χ3n) is 1.64. The number of hydrogen-bond donors (Lipinski definition) is 2. The lowest BCUT2D eigenvalue weighted by atomic mass is 10.3. The van der Waals surface area contributed by atoms with Crippen molar-refractivity contribution in [1.29, 1.82) is 0 Å². The molecule has 1 aromatic rings. The van der Waals surface area contributed by atoms with Crippen molar-refractivity contribution in [2.24, 2.45) is 5.73 Å². The van der Waals surface area contributed by atoms with Crippen molar-refractivity contribution >= 4 is 22.4 Å². The molecule has 0 aromatic carbocycles. The summed E-state index contributed by atoms with van der Waals surface area (Å²) < 4.78 is 4.88. The molecule has 0 bridgehead atoms. The molecule has 1 heterocycles. The lowest BCUT2D eigenvalue weighted by molar-refractivity contribution is -0.125. The van der Waals surface area contributed by atoms with Gasteiger partial charge in [0.2, 0.25) is 0 Å². The van der Waals surface area contributed by atoms with Crippen molar-refractivity contribution < 1.29 is 9.53 Å². The van der Waals surface area contributed by atoms with Crippen LogP contribution in [0.2, 0.25) is 0 Å². The van der Waals surface area contributed by atoms with Crippen molar-refractivity contribution in [3.63, 3.8) is 0 Å². The smallest absolute Gasteiger partial charge is 0.256 e. The molecule has 0 radical (unpaired) electrons. The Balaban J connectivity index is 2.56. The maximum absolute atomic E-state index is 11.4. The van der Waals surface area contributed by atoms with Gasteiger partial charge in [0.25, 0.3) is 5.91 Å². The molecule has 1 atom stereocenters. The highest BCUT2D eigenvalue weighted by molar-refractivity contribution is 7.13. The molecule has 1 amide bonds. The molecule has 0 spiro atoms. The van der Waals surface area contributed by atoms with Gasteiger partial charge in [-0.1, -0.05) is 0 Å². The zero-order valence-electron chi connectivity index (χ0n) is 8.11. The molecular formula is C8H13N3O2S. The zero-order chi connectivity index (χ0) is 10.6. The number of aromatic nitrogens is 1. The normalized spacial score (nSPS) is 12.5. The molecule has 1 aromatic heterocycles. The molecule has 5 nitrogen and oxygen atoms in total. The first-order valence-corrected chi connectivity index (χ1v) is 5.01. The fourth-order valence-electron chi connectivity index (χ4n) is 0.908. The van der Waals surface area contributed by atoms with E-state index in [1.54, 1.807) is 0 Å². The van der Waals surface area contributed by atoms with Crippen LogP contribution < -0.4 is 11.1 Å². The SMILES string of the molecule is COC(CN)C(=O)Nc1nc(C)cs1. The van der Waals surface area contributed by atoms with Crippen molar-refractivity contribution in [1.82, 2.24) is 4.98 Å². The summed E-state index contributed by atoms with van der Waals surface area (Å²) in [4.78, 5) is 15.5. The van der Waals surface area contributed by atoms with Crippen LogP contribution in [0, 0.1) is 6.92 Å². The molecule has 0 aliphatic carbocycles. The summed E-state index contributed by atoms with van der Waals surface area (Å²) in [6.07, 6.45) is -0.612. The zero-order valence-corrected chi connectivity index (χ0v) is 8.93. The average molecular weight is 215 g/mol. The maximum Gasteiger partial charge on any atom is 0.256 e. The lowest BCUT2D eigenvalue weighted by Gasteiger charge is -2.10. The van der Waals surface area contributed by atoms with Crippen LogP contribution in [-0.2, 0) is 9.53 Å². The number of rotatable bonds is 4. The molecule has 0 aliphatic rings. The van der Waals surface area contributed by atoms with Crippen LogP contribution >= 0.6 is 11.3 Å². The van der Waals surface area contributed by atoms with Crippen LogP contribution in [-0.4, -0.2) is 30.6 Å². The average Bonchev–Trinajstić information content (AvgIpc) is 2.53. The standard InChI is InChI=1S/C8H13N3O2S/c1-5-4-14-8(10-5)11-7(12)6(3-9)13-2/h4,6H,3,9H2,1-2H3,(H,10,11,12). The summed E-state index contributed by atoms with van der Waals surface area (Å²) >= 11 is 1.38. The molecule has 1 unspecified atom stereocenters. The van der Waals surface area contributed by atoms with Crippen molar-refractivity contribution in [3.05, 3.63) is 11.1 Å². The highest BCUT2D eigenvalue weighted by Crippen LogP contribution is 2.14. The Kier molecular flexibility index (Phi) is 3.99. The first-order valence-electron chi connectivity index (χ1n) is 4.13. The van der Waals surface area contributed by atoms with E-state index in [0.717, 1.165) is 5.69 Å². The monoisotopic (exact) mass is 215 g/mol. The fraction of sp³-hybridized carbons (Fsp3) is 0.500. The van der Waals surface area contributed by atoms with E-state index in [9.17, 15) is 4.79 Å². The minimum absolute atomic E-state index is 0.159. The molecule has 0 saturated heterocycles. The quantitative estimate of drug-likeness (QED) is 0.760. The number of amides is 1. The number of carbonyl (C=O) groups is 1. The fourth-order valence-corrected chi connectivity index (χ4v) is 1.60. The van der Waals surface area contributed by atoms with Gasteiger partial charge in [0, 0.05) is 19.0 Å². The Hall–Kier alpha value is -0.980. The highest BCUT2D eigenvalue weighted by atomic mass is 32.1. The van der Waals surface area contributed by atoms with Gasteiger partial charge in [-0.2, -0.15) is 0 Å². The van der Waals surface area contributed by atoms with Gasteiger partial charge in [0.1, 0.15) is 6.10 Å². The number of nitrogens with one attached hydrogen (secondary N) is 1. The van der Waals surface area contributed by atoms with Gasteiger partial charge in [-0.25, -0.2) is 4.98 Å². The summed E-state index contributed by atoms with van der Waals surface area (Å²) in [5.41, 5.74) is 6.22.